The highest BCUT2D eigenvalue weighted by Crippen LogP contribution is 2.58. The Balaban J connectivity index is 0.995. The van der Waals surface area contributed by atoms with E-state index in [9.17, 15) is 9.59 Å². The fourth-order valence-corrected chi connectivity index (χ4v) is 31.3. The molecule has 606 valence electrons. The number of rotatable bonds is 44. The van der Waals surface area contributed by atoms with Gasteiger partial charge in [0.15, 0.2) is 0 Å². The lowest BCUT2D eigenvalue weighted by Gasteiger charge is -2.13. The van der Waals surface area contributed by atoms with Crippen molar-refractivity contribution in [2.45, 2.75) is 262 Å². The lowest BCUT2D eigenvalue weighted by Crippen LogP contribution is -2.27. The molecule has 10 aromatic heterocycles. The lowest BCUT2D eigenvalue weighted by atomic mass is 9.95. The number of hydrogen-bond acceptors (Lipinski definition) is 16. The third kappa shape index (κ3) is 20.4. The number of nitrogens with zero attached hydrogens (tertiary/aromatic N) is 2. The standard InChI is InChI=1S/C94H110F2N2O2S14/c1-11-21-27-31-37-59-47-73(107-87(59)79-49-61(39-33-29-23-13-3)85(111-79)69-43-41-63(103-69)51-81-91(99)97(19-9)93(101)113-81)75-53-65-83(77-55-67(95)71(105-77)45-57(17-7)35-25-15-5)90-66(84(89(65)109-75)78-56-68(96)72(106-78)46-58(18-8)36-26-16-6)54-76(110-90)74-48-60(38-32-28-22-12-2)88(108-74)80-50-62(40-34-30-24-14-4)86(112-80)70-44-42-64(104-70)52-82-92(100)98(20-10)94(102)114-82/h41-44,47-58H,11-40,45-46H2,1-10H3/b81-51+,82-52+. The molecule has 1 aromatic carbocycles. The predicted molar refractivity (Wildman–Crippen MR) is 520 cm³/mol. The first kappa shape index (κ1) is 87.7. The molecule has 0 saturated carbocycles. The van der Waals surface area contributed by atoms with Crippen LogP contribution in [-0.4, -0.2) is 43.3 Å². The summed E-state index contributed by atoms with van der Waals surface area (Å²) >= 11 is 32.4. The van der Waals surface area contributed by atoms with Gasteiger partial charge in [0.05, 0.1) is 9.81 Å². The lowest BCUT2D eigenvalue weighted by molar-refractivity contribution is -0.122. The predicted octanol–water partition coefficient (Wildman–Crippen LogP) is 34.7. The molecular formula is C94H110F2N2O2S14. The SMILES string of the molecule is CCCCCCc1cc(-c2cc3c(-c4cc(F)c(CC(CC)CCCC)s4)c4sc(-c5cc(CCCCCC)c(-c6cc(CCCCCC)c(-c7ccc(/C=C8/SC(=S)N(CC)C8=O)s7)s6)s5)cc4c(-c4cc(F)c(CC(CC)CCCC)s4)c3s2)sc1-c1cc(CCCCCC)c(-c2ccc(/C=C3/SC(=S)N(CC)C3=O)s2)s1. The van der Waals surface area contributed by atoms with E-state index in [4.69, 9.17) is 24.4 Å². The van der Waals surface area contributed by atoms with Crippen LogP contribution in [0.4, 0.5) is 8.78 Å². The molecule has 2 atom stereocenters. The smallest absolute Gasteiger partial charge is 0.266 e. The van der Waals surface area contributed by atoms with E-state index >= 15 is 8.78 Å². The van der Waals surface area contributed by atoms with E-state index in [1.165, 1.54) is 181 Å². The van der Waals surface area contributed by atoms with Crippen LogP contribution in [0.1, 0.15) is 265 Å². The van der Waals surface area contributed by atoms with Crippen molar-refractivity contribution >= 4 is 214 Å². The molecule has 2 saturated heterocycles. The van der Waals surface area contributed by atoms with Gasteiger partial charge in [0, 0.05) is 132 Å². The summed E-state index contributed by atoms with van der Waals surface area (Å²) in [5, 5.41) is 2.24. The molecule has 2 aliphatic rings. The van der Waals surface area contributed by atoms with E-state index in [-0.39, 0.29) is 23.4 Å². The summed E-state index contributed by atoms with van der Waals surface area (Å²) in [7, 11) is 0. The molecule has 20 heteroatoms. The number of likely N-dealkylation sites (N-methyl/N-ethyl adjacent to an activating group) is 2. The summed E-state index contributed by atoms with van der Waals surface area (Å²) in [5.74, 6) is 0.563. The number of benzene rings is 1. The second-order valence-corrected chi connectivity index (χ2v) is 45.0. The summed E-state index contributed by atoms with van der Waals surface area (Å²) in [6.07, 6.45) is 36.9. The average molecular weight is 1790 g/mol. The molecule has 0 bridgehead atoms. The Morgan fingerprint density at radius 2 is 0.693 bits per heavy atom. The van der Waals surface area contributed by atoms with Gasteiger partial charge in [-0.1, -0.05) is 232 Å². The van der Waals surface area contributed by atoms with Gasteiger partial charge in [0.25, 0.3) is 11.8 Å². The molecule has 2 amide bonds. The first-order valence-electron chi connectivity index (χ1n) is 42.4. The Morgan fingerprint density at radius 1 is 0.360 bits per heavy atom. The average Bonchev–Trinajstić information content (AvgIpc) is 1.55. The van der Waals surface area contributed by atoms with Crippen LogP contribution in [0.3, 0.4) is 0 Å². The van der Waals surface area contributed by atoms with Crippen molar-refractivity contribution in [2.75, 3.05) is 13.1 Å². The molecule has 0 radical (unpaired) electrons. The van der Waals surface area contributed by atoms with Gasteiger partial charge in [0.2, 0.25) is 0 Å². The molecule has 0 N–H and O–H groups in total. The fraction of sp³-hybridized carbons (Fsp3) is 0.468. The van der Waals surface area contributed by atoms with E-state index in [2.05, 4.69) is 116 Å². The summed E-state index contributed by atoms with van der Waals surface area (Å²) in [6, 6.07) is 27.6. The second-order valence-electron chi connectivity index (χ2n) is 30.8. The monoisotopic (exact) mass is 1780 g/mol. The highest BCUT2D eigenvalue weighted by atomic mass is 32.2. The number of carbonyl (C=O) groups excluding carboxylic acids is 2. The number of fused-ring (bicyclic) bond motifs is 2. The van der Waals surface area contributed by atoms with E-state index in [1.807, 2.05) is 106 Å². The molecule has 0 spiro atoms. The number of unbranched alkanes of at least 4 members (excludes halogenated alkanes) is 14. The topological polar surface area (TPSA) is 40.6 Å². The quantitative estimate of drug-likeness (QED) is 0.0215. The second kappa shape index (κ2) is 41.9. The molecule has 114 heavy (non-hydrogen) atoms. The van der Waals surface area contributed by atoms with Gasteiger partial charge in [-0.05, 0) is 197 Å². The number of aryl methyl sites for hydroxylation is 4. The highest BCUT2D eigenvalue weighted by molar-refractivity contribution is 8.27. The van der Waals surface area contributed by atoms with Crippen LogP contribution in [0.2, 0.25) is 0 Å². The molecule has 0 aliphatic carbocycles. The third-order valence-electron chi connectivity index (χ3n) is 22.5. The van der Waals surface area contributed by atoms with Crippen LogP contribution in [0.25, 0.3) is 112 Å². The van der Waals surface area contributed by atoms with Gasteiger partial charge in [-0.2, -0.15) is 0 Å². The van der Waals surface area contributed by atoms with E-state index in [0.717, 1.165) is 176 Å². The first-order valence-corrected chi connectivity index (χ1v) is 53.0. The minimum atomic E-state index is -0.106. The van der Waals surface area contributed by atoms with Crippen molar-refractivity contribution < 1.29 is 18.4 Å². The minimum Gasteiger partial charge on any atom is -0.293 e. The number of halogens is 2. The minimum absolute atomic E-state index is 0.00955. The number of thiophene rings is 10. The zero-order chi connectivity index (χ0) is 80.1. The Morgan fingerprint density at radius 3 is 1.03 bits per heavy atom. The number of thiocarbonyl (C=S) groups is 2. The third-order valence-corrected chi connectivity index (χ3v) is 37.7. The molecule has 12 heterocycles. The fourth-order valence-electron chi connectivity index (χ4n) is 15.9. The number of amides is 2. The zero-order valence-electron chi connectivity index (χ0n) is 68.0. The van der Waals surface area contributed by atoms with Crippen LogP contribution in [0.5, 0.6) is 0 Å². The summed E-state index contributed by atoms with van der Waals surface area (Å²) in [6.45, 7) is 23.3. The normalized spacial score (nSPS) is 14.8. The van der Waals surface area contributed by atoms with Gasteiger partial charge < -0.3 is 0 Å². The molecule has 2 aliphatic heterocycles. The van der Waals surface area contributed by atoms with Crippen LogP contribution >= 0.6 is 161 Å². The Labute approximate surface area is 736 Å². The maximum Gasteiger partial charge on any atom is 0.266 e. The summed E-state index contributed by atoms with van der Waals surface area (Å²) in [4.78, 5) is 52.7. The first-order chi connectivity index (χ1) is 55.5. The Kier molecular flexibility index (Phi) is 32.3. The summed E-state index contributed by atoms with van der Waals surface area (Å²) < 4.78 is 38.5. The summed E-state index contributed by atoms with van der Waals surface area (Å²) in [5.41, 5.74) is 7.77. The maximum atomic E-state index is 17.5. The molecular weight excluding hydrogens is 1680 g/mol. The van der Waals surface area contributed by atoms with Crippen LogP contribution in [0, 0.1) is 23.5 Å². The number of thioether (sulfide) groups is 2. The maximum absolute atomic E-state index is 17.5. The largest absolute Gasteiger partial charge is 0.293 e. The molecule has 2 fully saturated rings. The van der Waals surface area contributed by atoms with Crippen LogP contribution < -0.4 is 0 Å². The van der Waals surface area contributed by atoms with Gasteiger partial charge >= 0.3 is 0 Å². The van der Waals surface area contributed by atoms with Crippen molar-refractivity contribution in [1.29, 1.82) is 0 Å². The number of carbonyl (C=O) groups is 2. The Hall–Kier alpha value is -4.10. The van der Waals surface area contributed by atoms with Crippen LogP contribution in [-0.2, 0) is 48.1 Å². The zero-order valence-corrected chi connectivity index (χ0v) is 79.5. The highest BCUT2D eigenvalue weighted by Gasteiger charge is 2.34. The van der Waals surface area contributed by atoms with E-state index < -0.39 is 0 Å². The molecule has 13 rings (SSSR count). The van der Waals surface area contributed by atoms with Gasteiger partial charge in [0.1, 0.15) is 20.3 Å². The van der Waals surface area contributed by atoms with Gasteiger partial charge in [-0.15, -0.1) is 113 Å². The van der Waals surface area contributed by atoms with Gasteiger partial charge in [-0.3, -0.25) is 19.4 Å². The van der Waals surface area contributed by atoms with Crippen molar-refractivity contribution in [2.24, 2.45) is 11.8 Å². The molecule has 2 unspecified atom stereocenters. The van der Waals surface area contributed by atoms with Crippen molar-refractivity contribution in [1.82, 2.24) is 9.80 Å². The molecule has 11 aromatic rings. The van der Waals surface area contributed by atoms with Gasteiger partial charge in [-0.25, -0.2) is 8.78 Å². The van der Waals surface area contributed by atoms with Crippen molar-refractivity contribution in [3.63, 3.8) is 0 Å². The van der Waals surface area contributed by atoms with Crippen molar-refractivity contribution in [3.05, 3.63) is 136 Å². The van der Waals surface area contributed by atoms with E-state index in [1.54, 1.807) is 55.1 Å². The number of hydrogen-bond donors (Lipinski definition) is 0. The van der Waals surface area contributed by atoms with Crippen molar-refractivity contribution in [3.8, 4) is 79.4 Å². The van der Waals surface area contributed by atoms with E-state index in [0.29, 0.717) is 43.4 Å². The Bertz CT molecular complexity index is 4840. The van der Waals surface area contributed by atoms with Crippen LogP contribution in [0.15, 0.2) is 82.6 Å². The molecule has 4 nitrogen and oxygen atoms in total.